The van der Waals surface area contributed by atoms with Gasteiger partial charge in [-0.3, -0.25) is 28.8 Å². The predicted octanol–water partition coefficient (Wildman–Crippen LogP) is 5.53. The Kier molecular flexibility index (Phi) is 13.5. The Hall–Kier alpha value is -4.74. The first-order chi connectivity index (χ1) is 23.1. The molecule has 4 atom stereocenters. The van der Waals surface area contributed by atoms with E-state index >= 15 is 0 Å². The lowest BCUT2D eigenvalue weighted by Gasteiger charge is -2.40. The van der Waals surface area contributed by atoms with E-state index in [1.807, 2.05) is 0 Å². The standard InChI is InChI=1S/C36H42O12/c1-43-31(37)5-3-7-33(39)45-27-13-17-29(18-14-27)47-35(41)25-11-9-24-22-26(12-10-23(24)21-25)36(42)48-30-19-15-28(16-20-30)46-34(40)8-4-6-32(38)44-2/h13-20,23-26H,3-12,21-22H2,1-2H3. The fourth-order valence-electron chi connectivity index (χ4n) is 6.19. The molecule has 0 radical (unpaired) electrons. The number of hydrogen-bond acceptors (Lipinski definition) is 12. The number of methoxy groups -OCH3 is 2. The van der Waals surface area contributed by atoms with Crippen LogP contribution in [-0.2, 0) is 38.2 Å². The van der Waals surface area contributed by atoms with Gasteiger partial charge in [0.1, 0.15) is 23.0 Å². The topological polar surface area (TPSA) is 158 Å². The van der Waals surface area contributed by atoms with Crippen molar-refractivity contribution in [1.29, 1.82) is 0 Å². The number of esters is 6. The van der Waals surface area contributed by atoms with Crippen LogP contribution in [0.2, 0.25) is 0 Å². The summed E-state index contributed by atoms with van der Waals surface area (Å²) in [7, 11) is 2.59. The van der Waals surface area contributed by atoms with Gasteiger partial charge >= 0.3 is 35.8 Å². The van der Waals surface area contributed by atoms with Gasteiger partial charge in [0.15, 0.2) is 0 Å². The number of rotatable bonds is 14. The Labute approximate surface area is 279 Å². The molecule has 0 bridgehead atoms. The Balaban J connectivity index is 1.16. The summed E-state index contributed by atoms with van der Waals surface area (Å²) in [5.41, 5.74) is 0. The molecular formula is C36H42O12. The lowest BCUT2D eigenvalue weighted by molar-refractivity contribution is -0.145. The first kappa shape index (κ1) is 36.1. The number of carbonyl (C=O) groups excluding carboxylic acids is 6. The first-order valence-corrected chi connectivity index (χ1v) is 16.3. The van der Waals surface area contributed by atoms with E-state index < -0.39 is 11.9 Å². The minimum absolute atomic E-state index is 0.0782. The van der Waals surface area contributed by atoms with Gasteiger partial charge in [0.05, 0.1) is 26.1 Å². The molecule has 2 aromatic rings. The first-order valence-electron chi connectivity index (χ1n) is 16.3. The molecule has 2 saturated carbocycles. The van der Waals surface area contributed by atoms with Crippen molar-refractivity contribution < 1.29 is 57.2 Å². The van der Waals surface area contributed by atoms with Gasteiger partial charge in [0.2, 0.25) is 0 Å². The molecule has 0 aliphatic heterocycles. The number of fused-ring (bicyclic) bond motifs is 1. The van der Waals surface area contributed by atoms with Gasteiger partial charge in [-0.2, -0.15) is 0 Å². The molecule has 2 aliphatic carbocycles. The monoisotopic (exact) mass is 666 g/mol. The number of ether oxygens (including phenoxy) is 6. The molecule has 0 aromatic heterocycles. The minimum atomic E-state index is -0.469. The lowest BCUT2D eigenvalue weighted by Crippen LogP contribution is -2.37. The largest absolute Gasteiger partial charge is 0.469 e. The van der Waals surface area contributed by atoms with Gasteiger partial charge in [-0.05, 0) is 112 Å². The fourth-order valence-corrected chi connectivity index (χ4v) is 6.19. The van der Waals surface area contributed by atoms with Crippen LogP contribution < -0.4 is 18.9 Å². The van der Waals surface area contributed by atoms with Crippen molar-refractivity contribution in [2.45, 2.75) is 77.0 Å². The van der Waals surface area contributed by atoms with Gasteiger partial charge in [0.25, 0.3) is 0 Å². The summed E-state index contributed by atoms with van der Waals surface area (Å²) in [4.78, 5) is 72.3. The summed E-state index contributed by atoms with van der Waals surface area (Å²) in [5, 5.41) is 0. The van der Waals surface area contributed by atoms with Crippen LogP contribution in [0, 0.1) is 23.7 Å². The SMILES string of the molecule is COC(=O)CCCC(=O)Oc1ccc(OC(=O)C2CCC3CC(C(=O)Oc4ccc(OC(=O)CCCC(=O)OC)cc4)CCC3C2)cc1. The Bertz CT molecular complexity index is 1320. The van der Waals surface area contributed by atoms with Crippen LogP contribution in [0.15, 0.2) is 48.5 Å². The summed E-state index contributed by atoms with van der Waals surface area (Å²) >= 11 is 0. The van der Waals surface area contributed by atoms with Crippen molar-refractivity contribution in [2.24, 2.45) is 23.7 Å². The van der Waals surface area contributed by atoms with Crippen LogP contribution in [0.5, 0.6) is 23.0 Å². The van der Waals surface area contributed by atoms with Crippen molar-refractivity contribution in [3.63, 3.8) is 0 Å². The van der Waals surface area contributed by atoms with Crippen molar-refractivity contribution >= 4 is 35.8 Å². The van der Waals surface area contributed by atoms with E-state index in [4.69, 9.17) is 18.9 Å². The summed E-state index contributed by atoms with van der Waals surface area (Å²) in [6.45, 7) is 0. The average molecular weight is 667 g/mol. The van der Waals surface area contributed by atoms with Crippen molar-refractivity contribution in [3.05, 3.63) is 48.5 Å². The van der Waals surface area contributed by atoms with Crippen LogP contribution in [-0.4, -0.2) is 50.0 Å². The average Bonchev–Trinajstić information content (AvgIpc) is 3.09. The molecule has 0 N–H and O–H groups in total. The zero-order valence-electron chi connectivity index (χ0n) is 27.3. The lowest BCUT2D eigenvalue weighted by atomic mass is 9.65. The molecule has 12 nitrogen and oxygen atoms in total. The zero-order valence-corrected chi connectivity index (χ0v) is 27.3. The summed E-state index contributed by atoms with van der Waals surface area (Å²) in [5.74, 6) is -0.759. The highest BCUT2D eigenvalue weighted by Gasteiger charge is 2.40. The summed E-state index contributed by atoms with van der Waals surface area (Å²) in [6, 6.07) is 12.5. The van der Waals surface area contributed by atoms with E-state index in [0.29, 0.717) is 73.4 Å². The molecule has 258 valence electrons. The fraction of sp³-hybridized carbons (Fsp3) is 0.500. The second kappa shape index (κ2) is 18.0. The van der Waals surface area contributed by atoms with Crippen molar-refractivity contribution in [3.8, 4) is 23.0 Å². The highest BCUT2D eigenvalue weighted by atomic mass is 16.6. The highest BCUT2D eigenvalue weighted by Crippen LogP contribution is 2.45. The van der Waals surface area contributed by atoms with E-state index in [1.165, 1.54) is 14.2 Å². The predicted molar refractivity (Wildman–Crippen MR) is 169 cm³/mol. The van der Waals surface area contributed by atoms with Crippen LogP contribution in [0.4, 0.5) is 0 Å². The molecule has 0 saturated heterocycles. The molecule has 2 aromatic carbocycles. The third-order valence-corrected chi connectivity index (χ3v) is 8.81. The molecule has 2 aliphatic rings. The molecular weight excluding hydrogens is 624 g/mol. The van der Waals surface area contributed by atoms with E-state index in [0.717, 1.165) is 12.8 Å². The highest BCUT2D eigenvalue weighted by molar-refractivity contribution is 5.77. The number of hydrogen-bond donors (Lipinski definition) is 0. The molecule has 12 heteroatoms. The van der Waals surface area contributed by atoms with Gasteiger partial charge in [-0.25, -0.2) is 0 Å². The molecule has 0 heterocycles. The van der Waals surface area contributed by atoms with Crippen molar-refractivity contribution in [1.82, 2.24) is 0 Å². The molecule has 4 unspecified atom stereocenters. The maximum atomic E-state index is 13.0. The third-order valence-electron chi connectivity index (χ3n) is 8.81. The maximum Gasteiger partial charge on any atom is 0.314 e. The van der Waals surface area contributed by atoms with Gasteiger partial charge < -0.3 is 28.4 Å². The smallest absolute Gasteiger partial charge is 0.314 e. The second-order valence-electron chi connectivity index (χ2n) is 12.1. The molecule has 2 fully saturated rings. The van der Waals surface area contributed by atoms with E-state index in [2.05, 4.69) is 9.47 Å². The van der Waals surface area contributed by atoms with Crippen LogP contribution >= 0.6 is 0 Å². The summed E-state index contributed by atoms with van der Waals surface area (Å²) < 4.78 is 30.9. The Morgan fingerprint density at radius 2 is 0.792 bits per heavy atom. The van der Waals surface area contributed by atoms with E-state index in [-0.39, 0.29) is 61.4 Å². The van der Waals surface area contributed by atoms with Crippen LogP contribution in [0.1, 0.15) is 77.0 Å². The van der Waals surface area contributed by atoms with E-state index in [9.17, 15) is 28.8 Å². The van der Waals surface area contributed by atoms with Gasteiger partial charge in [0, 0.05) is 25.7 Å². The quantitative estimate of drug-likeness (QED) is 0.184. The Morgan fingerprint density at radius 3 is 1.12 bits per heavy atom. The molecule has 4 rings (SSSR count). The van der Waals surface area contributed by atoms with E-state index in [1.54, 1.807) is 48.5 Å². The molecule has 0 spiro atoms. The Morgan fingerprint density at radius 1 is 0.479 bits per heavy atom. The number of benzene rings is 2. The molecule has 48 heavy (non-hydrogen) atoms. The number of carbonyl (C=O) groups is 6. The third kappa shape index (κ3) is 11.2. The normalized spacial score (nSPS) is 20.0. The zero-order chi connectivity index (χ0) is 34.5. The van der Waals surface area contributed by atoms with Crippen molar-refractivity contribution in [2.75, 3.05) is 14.2 Å². The summed E-state index contributed by atoms with van der Waals surface area (Å²) in [6.07, 6.45) is 5.48. The van der Waals surface area contributed by atoms with Crippen LogP contribution in [0.25, 0.3) is 0 Å². The van der Waals surface area contributed by atoms with Gasteiger partial charge in [-0.1, -0.05) is 0 Å². The van der Waals surface area contributed by atoms with Crippen LogP contribution in [0.3, 0.4) is 0 Å². The van der Waals surface area contributed by atoms with Gasteiger partial charge in [-0.15, -0.1) is 0 Å². The maximum absolute atomic E-state index is 13.0. The second-order valence-corrected chi connectivity index (χ2v) is 12.1. The molecule has 0 amide bonds. The minimum Gasteiger partial charge on any atom is -0.469 e.